The molecule has 0 spiro atoms. The van der Waals surface area contributed by atoms with Crippen LogP contribution in [-0.4, -0.2) is 71.9 Å². The summed E-state index contributed by atoms with van der Waals surface area (Å²) in [6.45, 7) is 11.6. The summed E-state index contributed by atoms with van der Waals surface area (Å²) < 4.78 is 0. The molecule has 0 bridgehead atoms. The van der Waals surface area contributed by atoms with E-state index < -0.39 is 6.04 Å². The topological polar surface area (TPSA) is 69.9 Å². The van der Waals surface area contributed by atoms with Crippen LogP contribution >= 0.6 is 0 Å². The summed E-state index contributed by atoms with van der Waals surface area (Å²) in [7, 11) is 0. The zero-order chi connectivity index (χ0) is 15.3. The maximum atomic E-state index is 12.2. The van der Waals surface area contributed by atoms with Crippen molar-refractivity contribution in [3.05, 3.63) is 0 Å². The molecule has 0 aromatic heterocycles. The predicted molar refractivity (Wildman–Crippen MR) is 79.3 cm³/mol. The Labute approximate surface area is 121 Å². The first-order valence-electron chi connectivity index (χ1n) is 7.50. The summed E-state index contributed by atoms with van der Waals surface area (Å²) in [6.07, 6.45) is 0. The van der Waals surface area contributed by atoms with Crippen LogP contribution in [0, 0.1) is 5.92 Å². The molecular formula is C14H28N4O2. The minimum Gasteiger partial charge on any atom is -0.338 e. The van der Waals surface area contributed by atoms with Gasteiger partial charge in [0.15, 0.2) is 0 Å². The molecule has 1 aliphatic rings. The van der Waals surface area contributed by atoms with E-state index in [1.54, 1.807) is 9.80 Å². The third-order valence-corrected chi connectivity index (χ3v) is 3.90. The molecule has 0 saturated carbocycles. The van der Waals surface area contributed by atoms with E-state index in [9.17, 15) is 9.59 Å². The highest BCUT2D eigenvalue weighted by Gasteiger charge is 2.29. The lowest BCUT2D eigenvalue weighted by Crippen LogP contribution is -2.57. The molecule has 1 heterocycles. The number of carbonyl (C=O) groups is 2. The SMILES string of the molecule is CCN(CC)C(=O)N1CCN(C(=O)[C@H](N)C(C)C)CC1. The summed E-state index contributed by atoms with van der Waals surface area (Å²) in [4.78, 5) is 29.7. The molecule has 20 heavy (non-hydrogen) atoms. The number of nitrogens with two attached hydrogens (primary N) is 1. The fraction of sp³-hybridized carbons (Fsp3) is 0.857. The smallest absolute Gasteiger partial charge is 0.320 e. The molecule has 0 aromatic rings. The zero-order valence-corrected chi connectivity index (χ0v) is 13.1. The average Bonchev–Trinajstić information content (AvgIpc) is 2.46. The molecule has 1 atom stereocenters. The number of urea groups is 1. The Morgan fingerprint density at radius 2 is 1.50 bits per heavy atom. The van der Waals surface area contributed by atoms with Crippen molar-refractivity contribution in [1.82, 2.24) is 14.7 Å². The van der Waals surface area contributed by atoms with Gasteiger partial charge < -0.3 is 20.4 Å². The van der Waals surface area contributed by atoms with Crippen LogP contribution in [-0.2, 0) is 4.79 Å². The van der Waals surface area contributed by atoms with Gasteiger partial charge in [-0.15, -0.1) is 0 Å². The van der Waals surface area contributed by atoms with E-state index >= 15 is 0 Å². The minimum atomic E-state index is -0.444. The minimum absolute atomic E-state index is 0.00469. The lowest BCUT2D eigenvalue weighted by Gasteiger charge is -2.38. The largest absolute Gasteiger partial charge is 0.338 e. The van der Waals surface area contributed by atoms with Gasteiger partial charge in [0, 0.05) is 39.3 Å². The molecule has 6 nitrogen and oxygen atoms in total. The maximum Gasteiger partial charge on any atom is 0.320 e. The quantitative estimate of drug-likeness (QED) is 0.821. The standard InChI is InChI=1S/C14H28N4O2/c1-5-16(6-2)14(20)18-9-7-17(8-10-18)13(19)12(15)11(3)4/h11-12H,5-10,15H2,1-4H3/t12-/m1/s1. The first kappa shape index (κ1) is 16.8. The van der Waals surface area contributed by atoms with Crippen molar-refractivity contribution < 1.29 is 9.59 Å². The first-order valence-corrected chi connectivity index (χ1v) is 7.50. The van der Waals surface area contributed by atoms with E-state index in [4.69, 9.17) is 5.73 Å². The zero-order valence-electron chi connectivity index (χ0n) is 13.1. The molecule has 116 valence electrons. The Morgan fingerprint density at radius 3 is 1.90 bits per heavy atom. The third-order valence-electron chi connectivity index (χ3n) is 3.90. The Bertz CT molecular complexity index is 312. The van der Waals surface area contributed by atoms with E-state index in [1.165, 1.54) is 0 Å². The normalized spacial score (nSPS) is 17.3. The molecule has 2 N–H and O–H groups in total. The summed E-state index contributed by atoms with van der Waals surface area (Å²) >= 11 is 0. The van der Waals surface area contributed by atoms with Crippen molar-refractivity contribution in [1.29, 1.82) is 0 Å². The monoisotopic (exact) mass is 284 g/mol. The molecular weight excluding hydrogens is 256 g/mol. The van der Waals surface area contributed by atoms with Gasteiger partial charge in [-0.2, -0.15) is 0 Å². The summed E-state index contributed by atoms with van der Waals surface area (Å²) in [6, 6.07) is -0.379. The van der Waals surface area contributed by atoms with Crippen molar-refractivity contribution in [3.8, 4) is 0 Å². The molecule has 1 rings (SSSR count). The summed E-state index contributed by atoms with van der Waals surface area (Å²) in [5.41, 5.74) is 5.90. The van der Waals surface area contributed by atoms with Gasteiger partial charge in [-0.3, -0.25) is 4.79 Å². The van der Waals surface area contributed by atoms with Gasteiger partial charge in [0.2, 0.25) is 5.91 Å². The van der Waals surface area contributed by atoms with E-state index in [0.717, 1.165) is 0 Å². The Hall–Kier alpha value is -1.30. The van der Waals surface area contributed by atoms with Crippen molar-refractivity contribution in [2.24, 2.45) is 11.7 Å². The van der Waals surface area contributed by atoms with Crippen LogP contribution in [0.25, 0.3) is 0 Å². The van der Waals surface area contributed by atoms with Crippen LogP contribution in [0.2, 0.25) is 0 Å². The van der Waals surface area contributed by atoms with Gasteiger partial charge in [0.1, 0.15) is 0 Å². The van der Waals surface area contributed by atoms with Crippen molar-refractivity contribution in [2.45, 2.75) is 33.7 Å². The van der Waals surface area contributed by atoms with Crippen LogP contribution in [0.15, 0.2) is 0 Å². The highest BCUT2D eigenvalue weighted by atomic mass is 16.2. The Kier molecular flexibility index (Phi) is 6.26. The second kappa shape index (κ2) is 7.47. The lowest BCUT2D eigenvalue weighted by atomic mass is 10.0. The number of nitrogens with zero attached hydrogens (tertiary/aromatic N) is 3. The third kappa shape index (κ3) is 3.85. The maximum absolute atomic E-state index is 12.2. The van der Waals surface area contributed by atoms with Crippen LogP contribution in [0.3, 0.4) is 0 Å². The number of piperazine rings is 1. The number of hydrogen-bond donors (Lipinski definition) is 1. The van der Waals surface area contributed by atoms with Crippen LogP contribution in [0.5, 0.6) is 0 Å². The second-order valence-electron chi connectivity index (χ2n) is 5.54. The van der Waals surface area contributed by atoms with E-state index in [-0.39, 0.29) is 17.9 Å². The lowest BCUT2D eigenvalue weighted by molar-refractivity contribution is -0.135. The molecule has 1 fully saturated rings. The fourth-order valence-corrected chi connectivity index (χ4v) is 2.31. The second-order valence-corrected chi connectivity index (χ2v) is 5.54. The van der Waals surface area contributed by atoms with Crippen LogP contribution in [0.1, 0.15) is 27.7 Å². The predicted octanol–water partition coefficient (Wildman–Crippen LogP) is 0.576. The average molecular weight is 284 g/mol. The van der Waals surface area contributed by atoms with Gasteiger partial charge in [-0.05, 0) is 19.8 Å². The molecule has 1 aliphatic heterocycles. The number of rotatable bonds is 4. The molecule has 6 heteroatoms. The van der Waals surface area contributed by atoms with Gasteiger partial charge in [0.25, 0.3) is 0 Å². The van der Waals surface area contributed by atoms with Crippen molar-refractivity contribution >= 4 is 11.9 Å². The Morgan fingerprint density at radius 1 is 1.05 bits per heavy atom. The van der Waals surface area contributed by atoms with Gasteiger partial charge >= 0.3 is 6.03 Å². The van der Waals surface area contributed by atoms with Crippen molar-refractivity contribution in [2.75, 3.05) is 39.3 Å². The summed E-state index contributed by atoms with van der Waals surface area (Å²) in [5, 5.41) is 0. The molecule has 0 aliphatic carbocycles. The van der Waals surface area contributed by atoms with Crippen LogP contribution < -0.4 is 5.73 Å². The number of hydrogen-bond acceptors (Lipinski definition) is 3. The molecule has 3 amide bonds. The molecule has 0 aromatic carbocycles. The first-order chi connectivity index (χ1) is 9.42. The fourth-order valence-electron chi connectivity index (χ4n) is 2.31. The van der Waals surface area contributed by atoms with E-state index in [0.29, 0.717) is 39.3 Å². The van der Waals surface area contributed by atoms with E-state index in [2.05, 4.69) is 0 Å². The van der Waals surface area contributed by atoms with Crippen molar-refractivity contribution in [3.63, 3.8) is 0 Å². The highest BCUT2D eigenvalue weighted by Crippen LogP contribution is 2.09. The van der Waals surface area contributed by atoms with Gasteiger partial charge in [0.05, 0.1) is 6.04 Å². The van der Waals surface area contributed by atoms with Gasteiger partial charge in [-0.25, -0.2) is 4.79 Å². The number of amides is 3. The molecule has 1 saturated heterocycles. The highest BCUT2D eigenvalue weighted by molar-refractivity contribution is 5.82. The Balaban J connectivity index is 2.51. The van der Waals surface area contributed by atoms with Crippen LogP contribution in [0.4, 0.5) is 4.79 Å². The molecule has 0 radical (unpaired) electrons. The van der Waals surface area contributed by atoms with E-state index in [1.807, 2.05) is 32.6 Å². The van der Waals surface area contributed by atoms with Gasteiger partial charge in [-0.1, -0.05) is 13.8 Å². The number of carbonyl (C=O) groups excluding carboxylic acids is 2. The summed E-state index contributed by atoms with van der Waals surface area (Å²) in [5.74, 6) is 0.132. The molecule has 0 unspecified atom stereocenters.